The molecule has 2 rings (SSSR count). The van der Waals surface area contributed by atoms with Crippen molar-refractivity contribution in [1.82, 2.24) is 10.3 Å². The van der Waals surface area contributed by atoms with Crippen molar-refractivity contribution in [3.05, 3.63) is 65.4 Å². The SMILES string of the molecule is C/C=C/CCCOc1cccc(CNC(=O)c2ccc(C)nc2N)c1. The van der Waals surface area contributed by atoms with Gasteiger partial charge in [0.25, 0.3) is 5.91 Å². The van der Waals surface area contributed by atoms with Gasteiger partial charge >= 0.3 is 0 Å². The van der Waals surface area contributed by atoms with Crippen LogP contribution in [0.15, 0.2) is 48.6 Å². The van der Waals surface area contributed by atoms with Crippen molar-refractivity contribution in [3.8, 4) is 5.75 Å². The molecular formula is C20H25N3O2. The second-order valence-electron chi connectivity index (χ2n) is 5.78. The van der Waals surface area contributed by atoms with Crippen LogP contribution in [0.25, 0.3) is 0 Å². The Morgan fingerprint density at radius 1 is 1.32 bits per heavy atom. The van der Waals surface area contributed by atoms with Gasteiger partial charge in [0.05, 0.1) is 12.2 Å². The molecule has 5 heteroatoms. The van der Waals surface area contributed by atoms with E-state index < -0.39 is 0 Å². The molecule has 0 aliphatic carbocycles. The minimum absolute atomic E-state index is 0.234. The maximum absolute atomic E-state index is 12.2. The van der Waals surface area contributed by atoms with Crippen LogP contribution >= 0.6 is 0 Å². The Balaban J connectivity index is 1.88. The molecule has 0 unspecified atom stereocenters. The van der Waals surface area contributed by atoms with Gasteiger partial charge in [0.2, 0.25) is 0 Å². The number of unbranched alkanes of at least 4 members (excludes halogenated alkanes) is 1. The number of benzene rings is 1. The van der Waals surface area contributed by atoms with E-state index in [0.717, 1.165) is 29.8 Å². The number of ether oxygens (including phenoxy) is 1. The first-order chi connectivity index (χ1) is 12.1. The average molecular weight is 339 g/mol. The van der Waals surface area contributed by atoms with Gasteiger partial charge in [-0.15, -0.1) is 0 Å². The Labute approximate surface area is 148 Å². The summed E-state index contributed by atoms with van der Waals surface area (Å²) in [6.45, 7) is 4.93. The molecule has 0 saturated heterocycles. The summed E-state index contributed by atoms with van der Waals surface area (Å²) < 4.78 is 5.74. The van der Waals surface area contributed by atoms with Gasteiger partial charge in [0.1, 0.15) is 11.6 Å². The second-order valence-corrected chi connectivity index (χ2v) is 5.78. The predicted octanol–water partition coefficient (Wildman–Crippen LogP) is 3.64. The molecule has 2 aromatic rings. The summed E-state index contributed by atoms with van der Waals surface area (Å²) in [5.41, 5.74) is 7.95. The van der Waals surface area contributed by atoms with E-state index in [4.69, 9.17) is 10.5 Å². The highest BCUT2D eigenvalue weighted by molar-refractivity contribution is 5.98. The van der Waals surface area contributed by atoms with Crippen molar-refractivity contribution in [2.24, 2.45) is 0 Å². The fourth-order valence-electron chi connectivity index (χ4n) is 2.35. The lowest BCUT2D eigenvalue weighted by Crippen LogP contribution is -2.24. The van der Waals surface area contributed by atoms with Crippen molar-refractivity contribution < 1.29 is 9.53 Å². The Bertz CT molecular complexity index is 741. The smallest absolute Gasteiger partial charge is 0.255 e. The lowest BCUT2D eigenvalue weighted by atomic mass is 10.2. The van der Waals surface area contributed by atoms with E-state index >= 15 is 0 Å². The molecule has 5 nitrogen and oxygen atoms in total. The molecule has 0 aliphatic heterocycles. The largest absolute Gasteiger partial charge is 0.494 e. The molecule has 132 valence electrons. The minimum Gasteiger partial charge on any atom is -0.494 e. The number of hydrogen-bond acceptors (Lipinski definition) is 4. The molecule has 1 amide bonds. The van der Waals surface area contributed by atoms with Crippen LogP contribution < -0.4 is 15.8 Å². The van der Waals surface area contributed by atoms with Crippen LogP contribution in [0.5, 0.6) is 5.75 Å². The Hall–Kier alpha value is -2.82. The maximum atomic E-state index is 12.2. The number of anilines is 1. The van der Waals surface area contributed by atoms with Crippen LogP contribution in [0.3, 0.4) is 0 Å². The Morgan fingerprint density at radius 2 is 2.16 bits per heavy atom. The number of rotatable bonds is 8. The molecule has 25 heavy (non-hydrogen) atoms. The number of aromatic nitrogens is 1. The first-order valence-corrected chi connectivity index (χ1v) is 8.44. The first-order valence-electron chi connectivity index (χ1n) is 8.44. The van der Waals surface area contributed by atoms with Gasteiger partial charge < -0.3 is 15.8 Å². The number of nitrogens with two attached hydrogens (primary N) is 1. The first kappa shape index (κ1) is 18.5. The summed E-state index contributed by atoms with van der Waals surface area (Å²) in [7, 11) is 0. The summed E-state index contributed by atoms with van der Waals surface area (Å²) >= 11 is 0. The molecular weight excluding hydrogens is 314 g/mol. The van der Waals surface area contributed by atoms with Crippen LogP contribution in [0.2, 0.25) is 0 Å². The highest BCUT2D eigenvalue weighted by Crippen LogP contribution is 2.15. The molecule has 1 heterocycles. The molecule has 0 atom stereocenters. The van der Waals surface area contributed by atoms with Crippen molar-refractivity contribution in [3.63, 3.8) is 0 Å². The van der Waals surface area contributed by atoms with Crippen molar-refractivity contribution in [2.75, 3.05) is 12.3 Å². The number of aryl methyl sites for hydroxylation is 1. The number of nitrogens with zero attached hydrogens (tertiary/aromatic N) is 1. The van der Waals surface area contributed by atoms with Gasteiger partial charge in [-0.3, -0.25) is 4.79 Å². The molecule has 0 fully saturated rings. The second kappa shape index (κ2) is 9.47. The zero-order chi connectivity index (χ0) is 18.1. The molecule has 0 radical (unpaired) electrons. The number of pyridine rings is 1. The van der Waals surface area contributed by atoms with E-state index in [9.17, 15) is 4.79 Å². The average Bonchev–Trinajstić information content (AvgIpc) is 2.60. The summed E-state index contributed by atoms with van der Waals surface area (Å²) in [6.07, 6.45) is 6.16. The standard InChI is InChI=1S/C20H25N3O2/c1-3-4-5-6-12-25-17-9-7-8-16(13-17)14-22-20(24)18-11-10-15(2)23-19(18)21/h3-4,7-11,13H,5-6,12,14H2,1-2H3,(H2,21,23)(H,22,24)/b4-3+. The molecule has 3 N–H and O–H groups in total. The Kier molecular flexibility index (Phi) is 7.01. The van der Waals surface area contributed by atoms with Crippen molar-refractivity contribution in [2.45, 2.75) is 33.2 Å². The summed E-state index contributed by atoms with van der Waals surface area (Å²) in [4.78, 5) is 16.3. The zero-order valence-electron chi connectivity index (χ0n) is 14.8. The number of amides is 1. The molecule has 0 spiro atoms. The summed E-state index contributed by atoms with van der Waals surface area (Å²) in [5, 5.41) is 2.86. The van der Waals surface area contributed by atoms with Crippen LogP contribution in [-0.4, -0.2) is 17.5 Å². The lowest BCUT2D eigenvalue weighted by Gasteiger charge is -2.10. The topological polar surface area (TPSA) is 77.2 Å². The van der Waals surface area contributed by atoms with Gasteiger partial charge in [-0.2, -0.15) is 0 Å². The Morgan fingerprint density at radius 3 is 2.92 bits per heavy atom. The third-order valence-electron chi connectivity index (χ3n) is 3.68. The van der Waals surface area contributed by atoms with Gasteiger partial charge in [0.15, 0.2) is 0 Å². The number of nitrogen functional groups attached to an aromatic ring is 1. The monoisotopic (exact) mass is 339 g/mol. The predicted molar refractivity (Wildman–Crippen MR) is 101 cm³/mol. The molecule has 0 bridgehead atoms. The lowest BCUT2D eigenvalue weighted by molar-refractivity contribution is 0.0951. The minimum atomic E-state index is -0.234. The summed E-state index contributed by atoms with van der Waals surface area (Å²) in [5.74, 6) is 0.821. The zero-order valence-corrected chi connectivity index (χ0v) is 14.8. The van der Waals surface area contributed by atoms with Gasteiger partial charge in [-0.1, -0.05) is 24.3 Å². The van der Waals surface area contributed by atoms with E-state index in [-0.39, 0.29) is 11.7 Å². The van der Waals surface area contributed by atoms with E-state index in [2.05, 4.69) is 16.4 Å². The van der Waals surface area contributed by atoms with Crippen LogP contribution in [0, 0.1) is 6.92 Å². The quantitative estimate of drug-likeness (QED) is 0.568. The molecule has 0 aliphatic rings. The van der Waals surface area contributed by atoms with E-state index in [1.807, 2.05) is 44.2 Å². The van der Waals surface area contributed by atoms with Gasteiger partial charge in [0, 0.05) is 12.2 Å². The normalized spacial score (nSPS) is 10.8. The van der Waals surface area contributed by atoms with Crippen LogP contribution in [0.4, 0.5) is 5.82 Å². The highest BCUT2D eigenvalue weighted by Gasteiger charge is 2.10. The van der Waals surface area contributed by atoms with Gasteiger partial charge in [-0.25, -0.2) is 4.98 Å². The van der Waals surface area contributed by atoms with Crippen LogP contribution in [0.1, 0.15) is 41.4 Å². The van der Waals surface area contributed by atoms with E-state index in [0.29, 0.717) is 18.7 Å². The maximum Gasteiger partial charge on any atom is 0.255 e. The fraction of sp³-hybridized carbons (Fsp3) is 0.300. The van der Waals surface area contributed by atoms with Crippen molar-refractivity contribution in [1.29, 1.82) is 0 Å². The third-order valence-corrected chi connectivity index (χ3v) is 3.68. The van der Waals surface area contributed by atoms with Crippen molar-refractivity contribution >= 4 is 11.7 Å². The van der Waals surface area contributed by atoms with Crippen LogP contribution in [-0.2, 0) is 6.54 Å². The van der Waals surface area contributed by atoms with E-state index in [1.54, 1.807) is 12.1 Å². The number of carbonyl (C=O) groups excluding carboxylic acids is 1. The number of nitrogens with one attached hydrogen (secondary N) is 1. The number of carbonyl (C=O) groups is 1. The summed E-state index contributed by atoms with van der Waals surface area (Å²) in [6, 6.07) is 11.2. The number of allylic oxidation sites excluding steroid dienone is 2. The van der Waals surface area contributed by atoms with Gasteiger partial charge in [-0.05, 0) is 56.5 Å². The third kappa shape index (κ3) is 5.95. The molecule has 0 saturated carbocycles. The molecule has 1 aromatic heterocycles. The fourth-order valence-corrected chi connectivity index (χ4v) is 2.35. The number of hydrogen-bond donors (Lipinski definition) is 2. The molecule has 1 aromatic carbocycles. The highest BCUT2D eigenvalue weighted by atomic mass is 16.5. The van der Waals surface area contributed by atoms with E-state index in [1.165, 1.54) is 0 Å².